The molecule has 0 spiro atoms. The molecule has 1 unspecified atom stereocenters. The molecule has 6 aromatic rings. The quantitative estimate of drug-likeness (QED) is 0.245. The van der Waals surface area contributed by atoms with Gasteiger partial charge in [-0.15, -0.1) is 11.3 Å². The van der Waals surface area contributed by atoms with Crippen LogP contribution in [0.25, 0.3) is 52.8 Å². The van der Waals surface area contributed by atoms with Gasteiger partial charge >= 0.3 is 0 Å². The van der Waals surface area contributed by atoms with Gasteiger partial charge in [0.15, 0.2) is 0 Å². The number of hydrogen-bond donors (Lipinski definition) is 0. The fourth-order valence-corrected chi connectivity index (χ4v) is 6.52. The van der Waals surface area contributed by atoms with Gasteiger partial charge in [-0.05, 0) is 59.5 Å². The summed E-state index contributed by atoms with van der Waals surface area (Å²) < 4.78 is 5.36. The highest BCUT2D eigenvalue weighted by atomic mass is 32.1. The number of nitrogens with zero attached hydrogens (tertiary/aromatic N) is 1. The van der Waals surface area contributed by atoms with Crippen LogP contribution in [-0.2, 0) is 6.54 Å². The van der Waals surface area contributed by atoms with Crippen LogP contribution in [0.15, 0.2) is 72.8 Å². The standard InChI is InChI=1S/C30H29NS/c1-3-5-10-20(4-2)19-31-27-13-8-6-11-23(27)25-15-22-18-30-26(16-21(22)17-28(25)31)24-12-7-9-14-29(24)32-30/h6-9,11-18,20H,3-5,10,19H2,1-2H3. The zero-order valence-corrected chi connectivity index (χ0v) is 19.7. The van der Waals surface area contributed by atoms with Crippen molar-refractivity contribution in [1.29, 1.82) is 0 Å². The van der Waals surface area contributed by atoms with E-state index in [4.69, 9.17) is 0 Å². The van der Waals surface area contributed by atoms with Gasteiger partial charge in [-0.1, -0.05) is 69.5 Å². The van der Waals surface area contributed by atoms with Crippen LogP contribution in [0.3, 0.4) is 0 Å². The van der Waals surface area contributed by atoms with E-state index in [1.165, 1.54) is 78.4 Å². The SMILES string of the molecule is CCCCC(CC)Cn1c2ccccc2c2cc3cc4sc5ccccc5c4cc3cc21. The van der Waals surface area contributed by atoms with Gasteiger partial charge in [-0.25, -0.2) is 0 Å². The number of para-hydroxylation sites is 1. The van der Waals surface area contributed by atoms with Crippen molar-refractivity contribution in [1.82, 2.24) is 4.57 Å². The van der Waals surface area contributed by atoms with E-state index in [-0.39, 0.29) is 0 Å². The fourth-order valence-electron chi connectivity index (χ4n) is 5.39. The maximum Gasteiger partial charge on any atom is 0.0497 e. The Morgan fingerprint density at radius 3 is 2.31 bits per heavy atom. The molecule has 0 bridgehead atoms. The molecular weight excluding hydrogens is 406 g/mol. The van der Waals surface area contributed by atoms with Crippen molar-refractivity contribution in [3.05, 3.63) is 72.8 Å². The van der Waals surface area contributed by atoms with Gasteiger partial charge < -0.3 is 4.57 Å². The van der Waals surface area contributed by atoms with Crippen molar-refractivity contribution in [3.8, 4) is 0 Å². The molecule has 2 heteroatoms. The molecule has 0 N–H and O–H groups in total. The molecule has 0 saturated heterocycles. The average molecular weight is 436 g/mol. The van der Waals surface area contributed by atoms with Crippen molar-refractivity contribution >= 4 is 64.1 Å². The second kappa shape index (κ2) is 7.94. The number of hydrogen-bond acceptors (Lipinski definition) is 1. The monoisotopic (exact) mass is 435 g/mol. The van der Waals surface area contributed by atoms with Gasteiger partial charge in [-0.3, -0.25) is 0 Å². The van der Waals surface area contributed by atoms with Crippen LogP contribution < -0.4 is 0 Å². The molecular formula is C30H29NS. The molecule has 6 rings (SSSR count). The summed E-state index contributed by atoms with van der Waals surface area (Å²) in [5.41, 5.74) is 2.76. The normalized spacial score (nSPS) is 13.2. The molecule has 32 heavy (non-hydrogen) atoms. The van der Waals surface area contributed by atoms with Crippen LogP contribution in [0.5, 0.6) is 0 Å². The lowest BCUT2D eigenvalue weighted by molar-refractivity contribution is 0.401. The first-order valence-electron chi connectivity index (χ1n) is 12.0. The Labute approximate surface area is 193 Å². The average Bonchev–Trinajstić information content (AvgIpc) is 3.33. The van der Waals surface area contributed by atoms with E-state index in [0.717, 1.165) is 12.5 Å². The van der Waals surface area contributed by atoms with E-state index < -0.39 is 0 Å². The molecule has 2 heterocycles. The van der Waals surface area contributed by atoms with E-state index in [1.54, 1.807) is 0 Å². The number of benzene rings is 4. The molecule has 0 radical (unpaired) electrons. The molecule has 160 valence electrons. The Morgan fingerprint density at radius 1 is 0.719 bits per heavy atom. The Morgan fingerprint density at radius 2 is 1.47 bits per heavy atom. The van der Waals surface area contributed by atoms with Gasteiger partial charge in [-0.2, -0.15) is 0 Å². The van der Waals surface area contributed by atoms with E-state index in [2.05, 4.69) is 91.2 Å². The zero-order valence-electron chi connectivity index (χ0n) is 18.9. The van der Waals surface area contributed by atoms with Gasteiger partial charge in [0.2, 0.25) is 0 Å². The van der Waals surface area contributed by atoms with Crippen LogP contribution in [0.2, 0.25) is 0 Å². The Bertz CT molecular complexity index is 1580. The molecule has 0 aliphatic carbocycles. The molecule has 0 aliphatic heterocycles. The topological polar surface area (TPSA) is 4.93 Å². The fraction of sp³-hybridized carbons (Fsp3) is 0.267. The number of rotatable bonds is 6. The van der Waals surface area contributed by atoms with Crippen molar-refractivity contribution in [3.63, 3.8) is 0 Å². The number of fused-ring (bicyclic) bond motifs is 7. The predicted octanol–water partition coefficient (Wildman–Crippen LogP) is 9.53. The van der Waals surface area contributed by atoms with Gasteiger partial charge in [0.05, 0.1) is 0 Å². The van der Waals surface area contributed by atoms with E-state index >= 15 is 0 Å². The molecule has 0 saturated carbocycles. The van der Waals surface area contributed by atoms with Crippen molar-refractivity contribution in [2.75, 3.05) is 0 Å². The number of thiophene rings is 1. The summed E-state index contributed by atoms with van der Waals surface area (Å²) >= 11 is 1.90. The molecule has 0 fully saturated rings. The highest BCUT2D eigenvalue weighted by Crippen LogP contribution is 2.39. The smallest absolute Gasteiger partial charge is 0.0497 e. The van der Waals surface area contributed by atoms with Crippen LogP contribution in [0, 0.1) is 5.92 Å². The second-order valence-corrected chi connectivity index (χ2v) is 10.3. The van der Waals surface area contributed by atoms with E-state index in [9.17, 15) is 0 Å². The predicted molar refractivity (Wildman–Crippen MR) is 143 cm³/mol. The Balaban J connectivity index is 1.61. The van der Waals surface area contributed by atoms with Gasteiger partial charge in [0.25, 0.3) is 0 Å². The summed E-state index contributed by atoms with van der Waals surface area (Å²) in [6, 6.07) is 27.5. The Hall–Kier alpha value is -2.84. The first-order valence-corrected chi connectivity index (χ1v) is 12.8. The largest absolute Gasteiger partial charge is 0.340 e. The lowest BCUT2D eigenvalue weighted by atomic mass is 9.99. The molecule has 1 nitrogen and oxygen atoms in total. The molecule has 2 aromatic heterocycles. The summed E-state index contributed by atoms with van der Waals surface area (Å²) in [5.74, 6) is 0.730. The van der Waals surface area contributed by atoms with Crippen LogP contribution in [0.1, 0.15) is 39.5 Å². The number of unbranched alkanes of at least 4 members (excludes halogenated alkanes) is 1. The molecule has 1 atom stereocenters. The molecule has 0 aliphatic rings. The minimum Gasteiger partial charge on any atom is -0.340 e. The van der Waals surface area contributed by atoms with Gasteiger partial charge in [0.1, 0.15) is 0 Å². The summed E-state index contributed by atoms with van der Waals surface area (Å²) in [6.07, 6.45) is 5.15. The maximum absolute atomic E-state index is 2.60. The van der Waals surface area contributed by atoms with Crippen molar-refractivity contribution < 1.29 is 0 Å². The third kappa shape index (κ3) is 3.12. The lowest BCUT2D eigenvalue weighted by Crippen LogP contribution is -2.10. The van der Waals surface area contributed by atoms with Gasteiger partial charge in [0, 0.05) is 48.5 Å². The van der Waals surface area contributed by atoms with Crippen LogP contribution >= 0.6 is 11.3 Å². The first kappa shape index (κ1) is 19.8. The lowest BCUT2D eigenvalue weighted by Gasteiger charge is -2.17. The number of aromatic nitrogens is 1. The van der Waals surface area contributed by atoms with E-state index in [1.807, 2.05) is 11.3 Å². The summed E-state index contributed by atoms with van der Waals surface area (Å²) in [6.45, 7) is 5.76. The minimum absolute atomic E-state index is 0.730. The van der Waals surface area contributed by atoms with Crippen molar-refractivity contribution in [2.24, 2.45) is 5.92 Å². The molecule has 0 amide bonds. The van der Waals surface area contributed by atoms with Crippen LogP contribution in [-0.4, -0.2) is 4.57 Å². The summed E-state index contributed by atoms with van der Waals surface area (Å²) in [5, 5.41) is 8.22. The Kier molecular flexibility index (Phi) is 4.91. The van der Waals surface area contributed by atoms with E-state index in [0.29, 0.717) is 0 Å². The minimum atomic E-state index is 0.730. The maximum atomic E-state index is 2.60. The highest BCUT2D eigenvalue weighted by Gasteiger charge is 2.16. The zero-order chi connectivity index (χ0) is 21.7. The summed E-state index contributed by atoms with van der Waals surface area (Å²) in [4.78, 5) is 0. The van der Waals surface area contributed by atoms with Crippen LogP contribution in [0.4, 0.5) is 0 Å². The molecule has 4 aromatic carbocycles. The third-order valence-corrected chi connectivity index (χ3v) is 8.34. The van der Waals surface area contributed by atoms with Crippen molar-refractivity contribution in [2.45, 2.75) is 46.1 Å². The second-order valence-electron chi connectivity index (χ2n) is 9.21. The summed E-state index contributed by atoms with van der Waals surface area (Å²) in [7, 11) is 0. The third-order valence-electron chi connectivity index (χ3n) is 7.21. The highest BCUT2D eigenvalue weighted by molar-refractivity contribution is 7.25. The first-order chi connectivity index (χ1) is 15.8.